The summed E-state index contributed by atoms with van der Waals surface area (Å²) in [5.41, 5.74) is 4.77. The van der Waals surface area contributed by atoms with E-state index in [2.05, 4.69) is 48.5 Å². The second kappa shape index (κ2) is 4.89. The summed E-state index contributed by atoms with van der Waals surface area (Å²) in [7, 11) is 0. The number of hydrogen-bond donors (Lipinski definition) is 0. The van der Waals surface area contributed by atoms with Crippen molar-refractivity contribution in [2.75, 3.05) is 0 Å². The van der Waals surface area contributed by atoms with E-state index in [9.17, 15) is 0 Å². The fourth-order valence-corrected chi connectivity index (χ4v) is 2.09. The van der Waals surface area contributed by atoms with E-state index in [1.165, 1.54) is 16.7 Å². The van der Waals surface area contributed by atoms with Gasteiger partial charge in [0.1, 0.15) is 0 Å². The molecule has 0 nitrogen and oxygen atoms in total. The van der Waals surface area contributed by atoms with Crippen LogP contribution in [0.4, 0.5) is 0 Å². The fourth-order valence-electron chi connectivity index (χ4n) is 2.09. The summed E-state index contributed by atoms with van der Waals surface area (Å²) in [6, 6.07) is 27.0. The van der Waals surface area contributed by atoms with Crippen LogP contribution in [0.15, 0.2) is 84.9 Å². The van der Waals surface area contributed by atoms with Gasteiger partial charge in [-0.25, -0.2) is 0 Å². The molecule has 3 rings (SSSR count). The molecule has 0 aliphatic rings. The van der Waals surface area contributed by atoms with Gasteiger partial charge in [0, 0.05) is 0 Å². The van der Waals surface area contributed by atoms with E-state index < -0.39 is 0 Å². The summed E-state index contributed by atoms with van der Waals surface area (Å²) >= 11 is 0. The molecule has 0 fully saturated rings. The lowest BCUT2D eigenvalue weighted by Crippen LogP contribution is -1.80. The Balaban J connectivity index is 2.03. The summed E-state index contributed by atoms with van der Waals surface area (Å²) in [6.07, 6.45) is 0. The van der Waals surface area contributed by atoms with E-state index in [1.54, 1.807) is 0 Å². The lowest BCUT2D eigenvalue weighted by molar-refractivity contribution is 1.59. The summed E-state index contributed by atoms with van der Waals surface area (Å²) in [4.78, 5) is 0. The van der Waals surface area contributed by atoms with Gasteiger partial charge >= 0.3 is 0 Å². The van der Waals surface area contributed by atoms with E-state index in [1.807, 2.05) is 30.3 Å². The maximum Gasteiger partial charge on any atom is 0.0623 e. The molecular formula is C18H14. The zero-order valence-corrected chi connectivity index (χ0v) is 10.0. The van der Waals surface area contributed by atoms with Crippen molar-refractivity contribution in [2.24, 2.45) is 0 Å². The lowest BCUT2D eigenvalue weighted by atomic mass is 9.99. The highest BCUT2D eigenvalue weighted by Gasteiger charge is 2.00. The first-order valence-corrected chi connectivity index (χ1v) is 6.05. The molecule has 0 aliphatic heterocycles. The maximum atomic E-state index is 7.53. The average molecular weight is 231 g/mol. The van der Waals surface area contributed by atoms with Crippen LogP contribution >= 0.6 is 0 Å². The number of rotatable bonds is 2. The van der Waals surface area contributed by atoms with Gasteiger partial charge in [-0.15, -0.1) is 0 Å². The molecular weight excluding hydrogens is 216 g/mol. The predicted octanol–water partition coefficient (Wildman–Crippen LogP) is 5.02. The largest absolute Gasteiger partial charge is 0.0623 e. The predicted molar refractivity (Wildman–Crippen MR) is 77.3 cm³/mol. The van der Waals surface area contributed by atoms with E-state index in [0.29, 0.717) is 6.04 Å². The van der Waals surface area contributed by atoms with E-state index in [0.717, 1.165) is 5.56 Å². The minimum atomic E-state index is 0.544. The smallest absolute Gasteiger partial charge is 0.0622 e. The first kappa shape index (κ1) is 9.67. The van der Waals surface area contributed by atoms with Crippen LogP contribution in [0.3, 0.4) is 0 Å². The molecule has 0 saturated heterocycles. The quantitative estimate of drug-likeness (QED) is 0.581. The van der Waals surface area contributed by atoms with Gasteiger partial charge < -0.3 is 0 Å². The van der Waals surface area contributed by atoms with Crippen LogP contribution in [0.25, 0.3) is 22.3 Å². The Kier molecular flexibility index (Phi) is 2.62. The van der Waals surface area contributed by atoms with Gasteiger partial charge in [-0.2, -0.15) is 0 Å². The molecule has 0 saturated carbocycles. The van der Waals surface area contributed by atoms with Gasteiger partial charge in [0.2, 0.25) is 0 Å². The minimum Gasteiger partial charge on any atom is -0.0622 e. The average Bonchev–Trinajstić information content (AvgIpc) is 2.49. The monoisotopic (exact) mass is 231 g/mol. The number of hydrogen-bond acceptors (Lipinski definition) is 0. The van der Waals surface area contributed by atoms with E-state index in [-0.39, 0.29) is 0 Å². The Morgan fingerprint density at radius 2 is 1.00 bits per heavy atom. The summed E-state index contributed by atoms with van der Waals surface area (Å²) in [5, 5.41) is 0. The third-order valence-electron chi connectivity index (χ3n) is 3.02. The maximum absolute atomic E-state index is 7.53. The molecule has 0 N–H and O–H groups in total. The summed E-state index contributed by atoms with van der Waals surface area (Å²) in [6.45, 7) is 0. The van der Waals surface area contributed by atoms with E-state index in [4.69, 9.17) is 1.37 Å². The third-order valence-corrected chi connectivity index (χ3v) is 3.02. The molecule has 0 heteroatoms. The van der Waals surface area contributed by atoms with Crippen LogP contribution in [0.2, 0.25) is 0 Å². The lowest BCUT2D eigenvalue weighted by Gasteiger charge is -2.05. The molecule has 0 radical (unpaired) electrons. The Labute approximate surface area is 109 Å². The molecule has 0 amide bonds. The number of benzene rings is 3. The Morgan fingerprint density at radius 3 is 1.61 bits per heavy atom. The van der Waals surface area contributed by atoms with Crippen LogP contribution < -0.4 is 0 Å². The van der Waals surface area contributed by atoms with E-state index >= 15 is 0 Å². The van der Waals surface area contributed by atoms with Crippen molar-refractivity contribution in [3.63, 3.8) is 0 Å². The Bertz CT molecular complexity index is 670. The zero-order valence-electron chi connectivity index (χ0n) is 11.0. The second-order valence-electron chi connectivity index (χ2n) is 4.24. The molecule has 0 bridgehead atoms. The molecule has 18 heavy (non-hydrogen) atoms. The second-order valence-corrected chi connectivity index (χ2v) is 4.24. The van der Waals surface area contributed by atoms with Gasteiger partial charge in [0.25, 0.3) is 0 Å². The van der Waals surface area contributed by atoms with Crippen molar-refractivity contribution in [1.82, 2.24) is 0 Å². The van der Waals surface area contributed by atoms with Gasteiger partial charge in [0.05, 0.1) is 1.37 Å². The highest BCUT2D eigenvalue weighted by atomic mass is 14.0. The van der Waals surface area contributed by atoms with Crippen LogP contribution in [0.1, 0.15) is 1.37 Å². The molecule has 0 heterocycles. The van der Waals surface area contributed by atoms with Crippen LogP contribution in [-0.2, 0) is 0 Å². The van der Waals surface area contributed by atoms with Crippen molar-refractivity contribution in [3.8, 4) is 22.3 Å². The highest BCUT2D eigenvalue weighted by molar-refractivity contribution is 5.72. The molecule has 0 unspecified atom stereocenters. The summed E-state index contributed by atoms with van der Waals surface area (Å²) in [5.74, 6) is 0. The normalized spacial score (nSPS) is 11.0. The molecule has 3 aromatic rings. The fraction of sp³-hybridized carbons (Fsp3) is 0. The Hall–Kier alpha value is -2.34. The SMILES string of the molecule is [2H]c1ccc(-c2cccc(-c3ccccc3)c2)cc1. The van der Waals surface area contributed by atoms with Gasteiger partial charge in [-0.1, -0.05) is 78.8 Å². The van der Waals surface area contributed by atoms with Gasteiger partial charge in [0.15, 0.2) is 0 Å². The van der Waals surface area contributed by atoms with Crippen molar-refractivity contribution in [1.29, 1.82) is 0 Å². The Morgan fingerprint density at radius 1 is 0.500 bits per heavy atom. The van der Waals surface area contributed by atoms with Gasteiger partial charge in [-0.3, -0.25) is 0 Å². The first-order valence-electron chi connectivity index (χ1n) is 6.55. The molecule has 3 aromatic carbocycles. The molecule has 0 aromatic heterocycles. The molecule has 86 valence electrons. The van der Waals surface area contributed by atoms with Crippen LogP contribution in [0.5, 0.6) is 0 Å². The van der Waals surface area contributed by atoms with Crippen LogP contribution in [0, 0.1) is 0 Å². The minimum absolute atomic E-state index is 0.544. The van der Waals surface area contributed by atoms with Gasteiger partial charge in [-0.05, 0) is 28.3 Å². The first-order chi connectivity index (χ1) is 9.33. The molecule has 0 atom stereocenters. The third kappa shape index (κ3) is 2.18. The zero-order chi connectivity index (χ0) is 13.1. The highest BCUT2D eigenvalue weighted by Crippen LogP contribution is 2.25. The molecule has 0 spiro atoms. The standard InChI is InChI=1S/C18H14/c1-3-8-15(9-4-1)17-12-7-13-18(14-17)16-10-5-2-6-11-16/h1-14H/i1D. The van der Waals surface area contributed by atoms with Crippen molar-refractivity contribution in [3.05, 3.63) is 84.9 Å². The van der Waals surface area contributed by atoms with Crippen molar-refractivity contribution < 1.29 is 1.37 Å². The van der Waals surface area contributed by atoms with Crippen LogP contribution in [-0.4, -0.2) is 0 Å². The van der Waals surface area contributed by atoms with Crippen molar-refractivity contribution in [2.45, 2.75) is 0 Å². The topological polar surface area (TPSA) is 0 Å². The molecule has 0 aliphatic carbocycles. The van der Waals surface area contributed by atoms with Crippen molar-refractivity contribution >= 4 is 0 Å². The summed E-state index contributed by atoms with van der Waals surface area (Å²) < 4.78 is 7.53.